The van der Waals surface area contributed by atoms with Crippen LogP contribution >= 0.6 is 0 Å². The average Bonchev–Trinajstić information content (AvgIpc) is 3.14. The second-order valence-corrected chi connectivity index (χ2v) is 12.3. The molecule has 20 heteroatoms. The van der Waals surface area contributed by atoms with Gasteiger partial charge in [0.25, 0.3) is 0 Å². The van der Waals surface area contributed by atoms with Crippen molar-refractivity contribution >= 4 is 23.9 Å². The van der Waals surface area contributed by atoms with E-state index in [4.69, 9.17) is 18.9 Å². The normalized spacial score (nSPS) is 11.8. The van der Waals surface area contributed by atoms with Gasteiger partial charge in [-0.25, -0.2) is 0 Å². The van der Waals surface area contributed by atoms with E-state index in [1.807, 2.05) is 0 Å². The van der Waals surface area contributed by atoms with Crippen molar-refractivity contribution in [1.29, 1.82) is 0 Å². The number of rotatable bonds is 36. The predicted molar refractivity (Wildman–Crippen MR) is 187 cm³/mol. The van der Waals surface area contributed by atoms with Gasteiger partial charge in [0, 0.05) is 78.5 Å². The van der Waals surface area contributed by atoms with Crippen LogP contribution in [0.4, 0.5) is 0 Å². The van der Waals surface area contributed by atoms with Crippen molar-refractivity contribution < 1.29 is 79.0 Å². The van der Waals surface area contributed by atoms with Crippen LogP contribution in [-0.2, 0) is 38.1 Å². The zero-order valence-corrected chi connectivity index (χ0v) is 30.9. The molecule has 0 atom stereocenters. The summed E-state index contributed by atoms with van der Waals surface area (Å²) in [6.45, 7) is -1.52. The third kappa shape index (κ3) is 25.9. The van der Waals surface area contributed by atoms with Gasteiger partial charge in [-0.2, -0.15) is 0 Å². The standard InChI is InChI=1S/C33H64N4O16/c38-17-9-34(10-18-39)5-1-29(46)50-25-33(26-51-30(47)2-6-35(11-19-40)12-20-41,27-52-31(48)3-7-36(13-21-42)14-22-43)28-53-32(49)4-8-37(15-23-44)16-24-45/h38-45H,1-28H2. The van der Waals surface area contributed by atoms with E-state index in [1.165, 1.54) is 0 Å². The van der Waals surface area contributed by atoms with Crippen LogP contribution in [0, 0.1) is 5.41 Å². The lowest BCUT2D eigenvalue weighted by Crippen LogP contribution is -2.44. The predicted octanol–water partition coefficient (Wildman–Crippen LogP) is -5.15. The fourth-order valence-electron chi connectivity index (χ4n) is 4.94. The van der Waals surface area contributed by atoms with Crippen LogP contribution in [0.1, 0.15) is 25.7 Å². The van der Waals surface area contributed by atoms with Crippen molar-refractivity contribution in [3.05, 3.63) is 0 Å². The summed E-state index contributed by atoms with van der Waals surface area (Å²) in [4.78, 5) is 58.1. The zero-order valence-electron chi connectivity index (χ0n) is 30.9. The molecular formula is C33H64N4O16. The lowest BCUT2D eigenvalue weighted by atomic mass is 9.92. The number of aliphatic hydroxyl groups is 8. The van der Waals surface area contributed by atoms with E-state index in [0.717, 1.165) is 0 Å². The first-order valence-corrected chi connectivity index (χ1v) is 17.9. The molecule has 0 heterocycles. The highest BCUT2D eigenvalue weighted by Crippen LogP contribution is 2.23. The van der Waals surface area contributed by atoms with Gasteiger partial charge in [0.15, 0.2) is 0 Å². The minimum atomic E-state index is -1.59. The van der Waals surface area contributed by atoms with Gasteiger partial charge >= 0.3 is 23.9 Å². The maximum absolute atomic E-state index is 12.9. The monoisotopic (exact) mass is 772 g/mol. The third-order valence-electron chi connectivity index (χ3n) is 8.02. The maximum Gasteiger partial charge on any atom is 0.307 e. The van der Waals surface area contributed by atoms with Crippen LogP contribution < -0.4 is 0 Å². The van der Waals surface area contributed by atoms with Gasteiger partial charge in [-0.15, -0.1) is 0 Å². The van der Waals surface area contributed by atoms with E-state index in [0.29, 0.717) is 0 Å². The second kappa shape index (κ2) is 32.8. The van der Waals surface area contributed by atoms with Gasteiger partial charge in [-0.1, -0.05) is 0 Å². The number of ether oxygens (including phenoxy) is 4. The lowest BCUT2D eigenvalue weighted by molar-refractivity contribution is -0.171. The largest absolute Gasteiger partial charge is 0.465 e. The van der Waals surface area contributed by atoms with Gasteiger partial charge in [0.2, 0.25) is 0 Å². The summed E-state index contributed by atoms with van der Waals surface area (Å²) in [6, 6.07) is 0. The van der Waals surface area contributed by atoms with E-state index in [1.54, 1.807) is 19.6 Å². The first-order valence-electron chi connectivity index (χ1n) is 17.9. The summed E-state index contributed by atoms with van der Waals surface area (Å²) < 4.78 is 22.2. The van der Waals surface area contributed by atoms with Crippen LogP contribution in [-0.4, -0.2) is 242 Å². The molecule has 0 aliphatic rings. The van der Waals surface area contributed by atoms with Crippen LogP contribution in [0.15, 0.2) is 0 Å². The Hall–Kier alpha value is -2.60. The molecule has 0 aromatic carbocycles. The minimum absolute atomic E-state index is 0.139. The van der Waals surface area contributed by atoms with Gasteiger partial charge < -0.3 is 59.8 Å². The molecule has 0 radical (unpaired) electrons. The molecule has 8 N–H and O–H groups in total. The quantitative estimate of drug-likeness (QED) is 0.0218. The van der Waals surface area contributed by atoms with Crippen molar-refractivity contribution in [2.75, 3.05) is 158 Å². The molecular weight excluding hydrogens is 708 g/mol. The molecule has 0 aromatic rings. The number of aliphatic hydroxyl groups excluding tert-OH is 8. The summed E-state index contributed by atoms with van der Waals surface area (Å²) in [5, 5.41) is 74.2. The number of carbonyl (C=O) groups excluding carboxylic acids is 4. The molecule has 53 heavy (non-hydrogen) atoms. The third-order valence-corrected chi connectivity index (χ3v) is 8.02. The van der Waals surface area contributed by atoms with E-state index >= 15 is 0 Å². The molecule has 0 aromatic heterocycles. The van der Waals surface area contributed by atoms with Gasteiger partial charge in [0.1, 0.15) is 31.8 Å². The Labute approximate surface area is 311 Å². The van der Waals surface area contributed by atoms with Crippen molar-refractivity contribution in [1.82, 2.24) is 19.6 Å². The topological polar surface area (TPSA) is 280 Å². The zero-order chi connectivity index (χ0) is 39.7. The molecule has 0 spiro atoms. The number of nitrogens with zero attached hydrogens (tertiary/aromatic N) is 4. The van der Waals surface area contributed by atoms with Crippen molar-refractivity contribution in [2.45, 2.75) is 25.7 Å². The summed E-state index contributed by atoms with van der Waals surface area (Å²) in [7, 11) is 0. The van der Waals surface area contributed by atoms with E-state index < -0.39 is 55.7 Å². The molecule has 0 saturated carbocycles. The highest BCUT2D eigenvalue weighted by atomic mass is 16.6. The molecule has 312 valence electrons. The highest BCUT2D eigenvalue weighted by Gasteiger charge is 2.38. The molecule has 20 nitrogen and oxygen atoms in total. The maximum atomic E-state index is 12.9. The summed E-state index contributed by atoms with van der Waals surface area (Å²) in [6.07, 6.45) is -0.619. The fraction of sp³-hybridized carbons (Fsp3) is 0.879. The molecule has 0 fully saturated rings. The molecule has 0 saturated heterocycles. The van der Waals surface area contributed by atoms with Gasteiger partial charge in [0.05, 0.1) is 78.5 Å². The number of hydrogen-bond acceptors (Lipinski definition) is 20. The molecule has 0 rings (SSSR count). The Kier molecular flexibility index (Phi) is 31.2. The Morgan fingerprint density at radius 3 is 0.642 bits per heavy atom. The van der Waals surface area contributed by atoms with Crippen molar-refractivity contribution in [2.24, 2.45) is 5.41 Å². The van der Waals surface area contributed by atoms with E-state index in [9.17, 15) is 60.0 Å². The lowest BCUT2D eigenvalue weighted by Gasteiger charge is -2.32. The number of carbonyl (C=O) groups is 4. The van der Waals surface area contributed by atoms with Crippen LogP contribution in [0.2, 0.25) is 0 Å². The van der Waals surface area contributed by atoms with Crippen molar-refractivity contribution in [3.63, 3.8) is 0 Å². The van der Waals surface area contributed by atoms with Crippen LogP contribution in [0.25, 0.3) is 0 Å². The molecule has 0 aliphatic carbocycles. The summed E-state index contributed by atoms with van der Waals surface area (Å²) >= 11 is 0. The first-order chi connectivity index (χ1) is 25.5. The Balaban J connectivity index is 6.12. The van der Waals surface area contributed by atoms with Crippen LogP contribution in [0.3, 0.4) is 0 Å². The highest BCUT2D eigenvalue weighted by molar-refractivity contribution is 5.71. The Morgan fingerprint density at radius 1 is 0.321 bits per heavy atom. The molecule has 0 unspecified atom stereocenters. The number of esters is 4. The minimum Gasteiger partial charge on any atom is -0.465 e. The molecule has 0 aliphatic heterocycles. The Morgan fingerprint density at radius 2 is 0.491 bits per heavy atom. The molecule has 0 amide bonds. The van der Waals surface area contributed by atoms with Gasteiger partial charge in [-0.05, 0) is 0 Å². The second-order valence-electron chi connectivity index (χ2n) is 12.3. The summed E-state index contributed by atoms with van der Waals surface area (Å²) in [5.41, 5.74) is -1.59. The van der Waals surface area contributed by atoms with Gasteiger partial charge in [-0.3, -0.25) is 38.8 Å². The smallest absolute Gasteiger partial charge is 0.307 e. The first kappa shape index (κ1) is 50.4. The van der Waals surface area contributed by atoms with E-state index in [2.05, 4.69) is 0 Å². The summed E-state index contributed by atoms with van der Waals surface area (Å²) in [5.74, 6) is -2.85. The Bertz CT molecular complexity index is 793. The molecule has 0 bridgehead atoms. The SMILES string of the molecule is O=C(CCN(CCO)CCO)OCC(COC(=O)CCN(CCO)CCO)(COC(=O)CCN(CCO)CCO)COC(=O)CCN(CCO)CCO. The fourth-order valence-corrected chi connectivity index (χ4v) is 4.94. The number of hydrogen-bond donors (Lipinski definition) is 8. The van der Waals surface area contributed by atoms with Crippen molar-refractivity contribution in [3.8, 4) is 0 Å². The van der Waals surface area contributed by atoms with E-state index in [-0.39, 0.29) is 157 Å². The van der Waals surface area contributed by atoms with Crippen LogP contribution in [0.5, 0.6) is 0 Å². The average molecular weight is 773 g/mol.